The van der Waals surface area contributed by atoms with E-state index in [-0.39, 0.29) is 12.2 Å². The molecule has 0 aliphatic rings. The number of rotatable bonds is 5. The predicted octanol–water partition coefficient (Wildman–Crippen LogP) is 1.49. The van der Waals surface area contributed by atoms with Gasteiger partial charge in [0.15, 0.2) is 11.6 Å². The third-order valence-corrected chi connectivity index (χ3v) is 1.93. The minimum atomic E-state index is -4.98. The third kappa shape index (κ3) is 4.38. The van der Waals surface area contributed by atoms with Gasteiger partial charge in [-0.25, -0.2) is 4.39 Å². The van der Waals surface area contributed by atoms with Crippen molar-refractivity contribution >= 4 is 5.69 Å². The van der Waals surface area contributed by atoms with Crippen LogP contribution in [0.1, 0.15) is 0 Å². The molecule has 0 spiro atoms. The van der Waals surface area contributed by atoms with Crippen molar-refractivity contribution in [1.82, 2.24) is 0 Å². The Morgan fingerprint density at radius 2 is 2.00 bits per heavy atom. The smallest absolute Gasteiger partial charge is 0.403 e. The third-order valence-electron chi connectivity index (χ3n) is 1.93. The second-order valence-corrected chi connectivity index (χ2v) is 3.38. The minimum absolute atomic E-state index is 0.205. The zero-order chi connectivity index (χ0) is 13.8. The van der Waals surface area contributed by atoms with Crippen LogP contribution in [0.25, 0.3) is 0 Å². The zero-order valence-electron chi connectivity index (χ0n) is 9.04. The number of alkyl halides is 3. The molecule has 0 bridgehead atoms. The molecule has 0 aliphatic carbocycles. The molecule has 0 heterocycles. The van der Waals surface area contributed by atoms with E-state index in [0.29, 0.717) is 0 Å². The second-order valence-electron chi connectivity index (χ2n) is 3.38. The molecule has 0 aliphatic heterocycles. The molecule has 3 N–H and O–H groups in total. The van der Waals surface area contributed by atoms with Crippen molar-refractivity contribution in [3.63, 3.8) is 0 Å². The van der Waals surface area contributed by atoms with Crippen molar-refractivity contribution < 1.29 is 32.5 Å². The number of hydrogen-bond donors (Lipinski definition) is 3. The predicted molar refractivity (Wildman–Crippen MR) is 54.7 cm³/mol. The topological polar surface area (TPSA) is 61.7 Å². The maximum Gasteiger partial charge on any atom is 0.573 e. The fraction of sp³-hybridized carbons (Fsp3) is 0.400. The first kappa shape index (κ1) is 14.5. The van der Waals surface area contributed by atoms with Crippen LogP contribution in [0.5, 0.6) is 5.75 Å². The number of benzene rings is 1. The van der Waals surface area contributed by atoms with Gasteiger partial charge in [0, 0.05) is 6.54 Å². The molecular formula is C10H11F4NO3. The molecule has 1 unspecified atom stereocenters. The van der Waals surface area contributed by atoms with Gasteiger partial charge in [-0.05, 0) is 12.1 Å². The average molecular weight is 269 g/mol. The molecule has 18 heavy (non-hydrogen) atoms. The summed E-state index contributed by atoms with van der Waals surface area (Å²) in [6.07, 6.45) is -6.12. The Morgan fingerprint density at radius 1 is 1.33 bits per heavy atom. The highest BCUT2D eigenvalue weighted by Crippen LogP contribution is 2.29. The van der Waals surface area contributed by atoms with Crippen LogP contribution in [-0.4, -0.2) is 35.8 Å². The molecule has 0 fully saturated rings. The van der Waals surface area contributed by atoms with E-state index in [4.69, 9.17) is 10.2 Å². The zero-order valence-corrected chi connectivity index (χ0v) is 9.04. The molecule has 0 saturated heterocycles. The Hall–Kier alpha value is -1.54. The number of hydrogen-bond acceptors (Lipinski definition) is 4. The lowest BCUT2D eigenvalue weighted by Crippen LogP contribution is -2.23. The van der Waals surface area contributed by atoms with Gasteiger partial charge >= 0.3 is 6.36 Å². The molecule has 0 radical (unpaired) electrons. The van der Waals surface area contributed by atoms with E-state index in [1.165, 1.54) is 6.07 Å². The van der Waals surface area contributed by atoms with Crippen molar-refractivity contribution in [2.75, 3.05) is 18.5 Å². The van der Waals surface area contributed by atoms with Gasteiger partial charge in [0.25, 0.3) is 0 Å². The van der Waals surface area contributed by atoms with Crippen molar-refractivity contribution in [1.29, 1.82) is 0 Å². The molecule has 102 valence electrons. The van der Waals surface area contributed by atoms with E-state index in [0.717, 1.165) is 12.1 Å². The second kappa shape index (κ2) is 5.87. The van der Waals surface area contributed by atoms with Gasteiger partial charge in [-0.3, -0.25) is 0 Å². The molecule has 1 aromatic rings. The Morgan fingerprint density at radius 3 is 2.56 bits per heavy atom. The van der Waals surface area contributed by atoms with E-state index >= 15 is 0 Å². The molecule has 0 amide bonds. The summed E-state index contributed by atoms with van der Waals surface area (Å²) >= 11 is 0. The summed E-state index contributed by atoms with van der Waals surface area (Å²) in [5, 5.41) is 19.9. The van der Waals surface area contributed by atoms with Crippen molar-refractivity contribution in [3.8, 4) is 5.75 Å². The lowest BCUT2D eigenvalue weighted by atomic mass is 10.2. The quantitative estimate of drug-likeness (QED) is 0.709. The fourth-order valence-electron chi connectivity index (χ4n) is 1.14. The average Bonchev–Trinajstić information content (AvgIpc) is 2.28. The van der Waals surface area contributed by atoms with E-state index < -0.39 is 30.6 Å². The first-order valence-electron chi connectivity index (χ1n) is 4.90. The Labute approximate surface area is 99.8 Å². The highest BCUT2D eigenvalue weighted by Gasteiger charge is 2.32. The highest BCUT2D eigenvalue weighted by atomic mass is 19.4. The molecule has 0 saturated carbocycles. The number of anilines is 1. The number of aliphatic hydroxyl groups excluding tert-OH is 2. The summed E-state index contributed by atoms with van der Waals surface area (Å²) in [7, 11) is 0. The number of ether oxygens (including phenoxy) is 1. The van der Waals surface area contributed by atoms with Crippen LogP contribution in [0.15, 0.2) is 18.2 Å². The molecular weight excluding hydrogens is 258 g/mol. The van der Waals surface area contributed by atoms with Crippen LogP contribution in [0, 0.1) is 5.82 Å². The summed E-state index contributed by atoms with van der Waals surface area (Å²) in [5.41, 5.74) is -0.260. The molecule has 0 aromatic heterocycles. The Kier molecular flexibility index (Phi) is 4.74. The van der Waals surface area contributed by atoms with Crippen molar-refractivity contribution in [2.24, 2.45) is 0 Å². The van der Waals surface area contributed by atoms with Gasteiger partial charge in [-0.1, -0.05) is 6.07 Å². The summed E-state index contributed by atoms with van der Waals surface area (Å²) in [5.74, 6) is -2.19. The SMILES string of the molecule is OCC(O)CNc1cccc(OC(F)(F)F)c1F. The van der Waals surface area contributed by atoms with Gasteiger partial charge in [0.2, 0.25) is 0 Å². The Bertz CT molecular complexity index is 397. The molecule has 8 heteroatoms. The van der Waals surface area contributed by atoms with Crippen LogP contribution < -0.4 is 10.1 Å². The van der Waals surface area contributed by atoms with Crippen molar-refractivity contribution in [2.45, 2.75) is 12.5 Å². The largest absolute Gasteiger partial charge is 0.573 e. The molecule has 4 nitrogen and oxygen atoms in total. The summed E-state index contributed by atoms with van der Waals surface area (Å²) in [6.45, 7) is -0.754. The number of nitrogens with one attached hydrogen (secondary N) is 1. The van der Waals surface area contributed by atoms with Crippen LogP contribution >= 0.6 is 0 Å². The van der Waals surface area contributed by atoms with Crippen molar-refractivity contribution in [3.05, 3.63) is 24.0 Å². The van der Waals surface area contributed by atoms with Crippen LogP contribution in [0.3, 0.4) is 0 Å². The van der Waals surface area contributed by atoms with Crippen LogP contribution in [0.4, 0.5) is 23.2 Å². The molecule has 1 aromatic carbocycles. The highest BCUT2D eigenvalue weighted by molar-refractivity contribution is 5.50. The fourth-order valence-corrected chi connectivity index (χ4v) is 1.14. The molecule has 1 rings (SSSR count). The first-order chi connectivity index (χ1) is 8.33. The summed E-state index contributed by atoms with van der Waals surface area (Å²) in [6, 6.07) is 3.18. The van der Waals surface area contributed by atoms with Gasteiger partial charge < -0.3 is 20.3 Å². The molecule has 1 atom stereocenters. The van der Waals surface area contributed by atoms with E-state index in [1.807, 2.05) is 0 Å². The van der Waals surface area contributed by atoms with Gasteiger partial charge in [-0.2, -0.15) is 0 Å². The monoisotopic (exact) mass is 269 g/mol. The van der Waals surface area contributed by atoms with Gasteiger partial charge in [0.05, 0.1) is 18.4 Å². The van der Waals surface area contributed by atoms with Crippen LogP contribution in [-0.2, 0) is 0 Å². The first-order valence-corrected chi connectivity index (χ1v) is 4.90. The maximum atomic E-state index is 13.5. The van der Waals surface area contributed by atoms with E-state index in [9.17, 15) is 17.6 Å². The normalized spacial score (nSPS) is 13.2. The Balaban J connectivity index is 2.79. The van der Waals surface area contributed by atoms with Gasteiger partial charge in [0.1, 0.15) is 0 Å². The summed E-state index contributed by atoms with van der Waals surface area (Å²) in [4.78, 5) is 0. The lowest BCUT2D eigenvalue weighted by molar-refractivity contribution is -0.275. The standard InChI is InChI=1S/C10H11F4NO3/c11-9-7(15-4-6(17)5-16)2-1-3-8(9)18-10(12,13)14/h1-3,6,15-17H,4-5H2. The maximum absolute atomic E-state index is 13.5. The lowest BCUT2D eigenvalue weighted by Gasteiger charge is -2.14. The van der Waals surface area contributed by atoms with Gasteiger partial charge in [-0.15, -0.1) is 13.2 Å². The minimum Gasteiger partial charge on any atom is -0.403 e. The number of aliphatic hydroxyl groups is 2. The summed E-state index contributed by atoms with van der Waals surface area (Å²) < 4.78 is 52.8. The van der Waals surface area contributed by atoms with Crippen LogP contribution in [0.2, 0.25) is 0 Å². The van der Waals surface area contributed by atoms with E-state index in [2.05, 4.69) is 10.1 Å². The van der Waals surface area contributed by atoms with E-state index in [1.54, 1.807) is 0 Å². The number of halogens is 4.